The van der Waals surface area contributed by atoms with Gasteiger partial charge in [-0.25, -0.2) is 4.79 Å². The van der Waals surface area contributed by atoms with Gasteiger partial charge in [0.1, 0.15) is 12.4 Å². The molecular formula is C21H17BrN2O3. The summed E-state index contributed by atoms with van der Waals surface area (Å²) in [6.07, 6.45) is 1.62. The normalized spacial score (nSPS) is 10.7. The van der Waals surface area contributed by atoms with Crippen molar-refractivity contribution in [3.8, 4) is 5.75 Å². The van der Waals surface area contributed by atoms with Crippen molar-refractivity contribution in [1.29, 1.82) is 0 Å². The smallest absolute Gasteiger partial charge is 0.337 e. The molecule has 0 aliphatic heterocycles. The number of halogens is 1. The van der Waals surface area contributed by atoms with Gasteiger partial charge in [0.05, 0.1) is 17.5 Å². The minimum atomic E-state index is -0.999. The molecule has 0 atom stereocenters. The van der Waals surface area contributed by atoms with Crippen molar-refractivity contribution in [2.24, 2.45) is 5.10 Å². The van der Waals surface area contributed by atoms with Gasteiger partial charge in [-0.3, -0.25) is 5.43 Å². The van der Waals surface area contributed by atoms with Crippen LogP contribution in [0.25, 0.3) is 0 Å². The van der Waals surface area contributed by atoms with E-state index in [0.717, 1.165) is 21.3 Å². The maximum absolute atomic E-state index is 11.2. The van der Waals surface area contributed by atoms with Gasteiger partial charge in [-0.05, 0) is 59.7 Å². The highest BCUT2D eigenvalue weighted by Crippen LogP contribution is 2.17. The average molecular weight is 425 g/mol. The number of para-hydroxylation sites is 1. The summed E-state index contributed by atoms with van der Waals surface area (Å²) in [5.41, 5.74) is 5.33. The standard InChI is InChI=1S/C21H17BrN2O3/c22-17-9-5-16(6-10-17)14-27-18-11-7-15(8-12-18)13-23-24-20-4-2-1-3-19(20)21(25)26/h1-13,24H,14H2,(H,25,26)/b23-13+. The zero-order valence-electron chi connectivity index (χ0n) is 14.3. The zero-order valence-corrected chi connectivity index (χ0v) is 15.9. The summed E-state index contributed by atoms with van der Waals surface area (Å²) in [6, 6.07) is 22.1. The molecule has 0 aliphatic rings. The fourth-order valence-electron chi connectivity index (χ4n) is 2.34. The molecule has 0 radical (unpaired) electrons. The van der Waals surface area contributed by atoms with Crippen LogP contribution in [0.5, 0.6) is 5.75 Å². The van der Waals surface area contributed by atoms with Crippen LogP contribution in [-0.4, -0.2) is 17.3 Å². The highest BCUT2D eigenvalue weighted by atomic mass is 79.9. The van der Waals surface area contributed by atoms with E-state index in [0.29, 0.717) is 12.3 Å². The van der Waals surface area contributed by atoms with E-state index in [1.165, 1.54) is 6.07 Å². The molecule has 0 unspecified atom stereocenters. The summed E-state index contributed by atoms with van der Waals surface area (Å²) >= 11 is 3.41. The second kappa shape index (κ2) is 9.00. The molecular weight excluding hydrogens is 408 g/mol. The summed E-state index contributed by atoms with van der Waals surface area (Å²) in [5, 5.41) is 13.3. The molecule has 0 saturated carbocycles. The minimum absolute atomic E-state index is 0.173. The Labute approximate surface area is 165 Å². The highest BCUT2D eigenvalue weighted by Gasteiger charge is 2.07. The van der Waals surface area contributed by atoms with E-state index < -0.39 is 5.97 Å². The number of benzene rings is 3. The number of rotatable bonds is 7. The third kappa shape index (κ3) is 5.43. The fourth-order valence-corrected chi connectivity index (χ4v) is 2.61. The summed E-state index contributed by atoms with van der Waals surface area (Å²) in [5.74, 6) is -0.236. The predicted molar refractivity (Wildman–Crippen MR) is 110 cm³/mol. The van der Waals surface area contributed by atoms with Crippen LogP contribution in [0.15, 0.2) is 82.4 Å². The van der Waals surface area contributed by atoms with E-state index in [-0.39, 0.29) is 5.56 Å². The molecule has 0 amide bonds. The van der Waals surface area contributed by atoms with Crippen molar-refractivity contribution in [2.75, 3.05) is 5.43 Å². The van der Waals surface area contributed by atoms with E-state index in [1.54, 1.807) is 24.4 Å². The Bertz CT molecular complexity index is 938. The molecule has 0 bridgehead atoms. The molecule has 0 fully saturated rings. The molecule has 0 heterocycles. The van der Waals surface area contributed by atoms with Crippen LogP contribution in [0.1, 0.15) is 21.5 Å². The minimum Gasteiger partial charge on any atom is -0.489 e. The van der Waals surface area contributed by atoms with Crippen LogP contribution in [0.2, 0.25) is 0 Å². The van der Waals surface area contributed by atoms with Gasteiger partial charge < -0.3 is 9.84 Å². The van der Waals surface area contributed by atoms with Crippen molar-refractivity contribution < 1.29 is 14.6 Å². The summed E-state index contributed by atoms with van der Waals surface area (Å²) in [6.45, 7) is 0.494. The lowest BCUT2D eigenvalue weighted by Crippen LogP contribution is -2.02. The van der Waals surface area contributed by atoms with Gasteiger partial charge in [0.15, 0.2) is 0 Å². The second-order valence-corrected chi connectivity index (χ2v) is 6.62. The Kier molecular flexibility index (Phi) is 6.22. The Morgan fingerprint density at radius 1 is 1.04 bits per heavy atom. The number of hydrogen-bond acceptors (Lipinski definition) is 4. The van der Waals surface area contributed by atoms with Gasteiger partial charge >= 0.3 is 5.97 Å². The van der Waals surface area contributed by atoms with E-state index in [2.05, 4.69) is 26.5 Å². The maximum Gasteiger partial charge on any atom is 0.337 e. The number of nitrogens with zero attached hydrogens (tertiary/aromatic N) is 1. The lowest BCUT2D eigenvalue weighted by molar-refractivity contribution is 0.0698. The number of hydrazone groups is 1. The van der Waals surface area contributed by atoms with Crippen molar-refractivity contribution in [3.05, 3.63) is 94.0 Å². The Morgan fingerprint density at radius 3 is 2.44 bits per heavy atom. The van der Waals surface area contributed by atoms with E-state index in [9.17, 15) is 4.79 Å². The quantitative estimate of drug-likeness (QED) is 0.405. The SMILES string of the molecule is O=C(O)c1ccccc1N/N=C/c1ccc(OCc2ccc(Br)cc2)cc1. The molecule has 0 aliphatic carbocycles. The molecule has 0 spiro atoms. The molecule has 5 nitrogen and oxygen atoms in total. The third-order valence-corrected chi connectivity index (χ3v) is 4.28. The first kappa shape index (κ1) is 18.7. The van der Waals surface area contributed by atoms with Gasteiger partial charge in [-0.15, -0.1) is 0 Å². The van der Waals surface area contributed by atoms with Gasteiger partial charge in [-0.2, -0.15) is 5.10 Å². The van der Waals surface area contributed by atoms with Crippen LogP contribution in [0, 0.1) is 0 Å². The number of carboxylic acids is 1. The maximum atomic E-state index is 11.2. The fraction of sp³-hybridized carbons (Fsp3) is 0.0476. The largest absolute Gasteiger partial charge is 0.489 e. The number of aromatic carboxylic acids is 1. The van der Waals surface area contributed by atoms with Crippen molar-refractivity contribution >= 4 is 33.8 Å². The van der Waals surface area contributed by atoms with Crippen LogP contribution in [0.4, 0.5) is 5.69 Å². The van der Waals surface area contributed by atoms with Crippen LogP contribution < -0.4 is 10.2 Å². The molecule has 136 valence electrons. The zero-order chi connectivity index (χ0) is 19.1. The van der Waals surface area contributed by atoms with Crippen molar-refractivity contribution in [2.45, 2.75) is 6.61 Å². The first-order valence-electron chi connectivity index (χ1n) is 8.20. The Hall–Kier alpha value is -3.12. The molecule has 27 heavy (non-hydrogen) atoms. The monoisotopic (exact) mass is 424 g/mol. The molecule has 0 aromatic heterocycles. The summed E-state index contributed by atoms with van der Waals surface area (Å²) < 4.78 is 6.80. The number of nitrogens with one attached hydrogen (secondary N) is 1. The number of ether oxygens (including phenoxy) is 1. The molecule has 3 aromatic carbocycles. The van der Waals surface area contributed by atoms with Crippen molar-refractivity contribution in [1.82, 2.24) is 0 Å². The van der Waals surface area contributed by atoms with Crippen LogP contribution in [-0.2, 0) is 6.61 Å². The van der Waals surface area contributed by atoms with Gasteiger partial charge in [0.2, 0.25) is 0 Å². The molecule has 0 saturated heterocycles. The summed E-state index contributed by atoms with van der Waals surface area (Å²) in [4.78, 5) is 11.2. The second-order valence-electron chi connectivity index (χ2n) is 5.70. The van der Waals surface area contributed by atoms with E-state index in [4.69, 9.17) is 9.84 Å². The molecule has 3 aromatic rings. The van der Waals surface area contributed by atoms with E-state index >= 15 is 0 Å². The molecule has 6 heteroatoms. The van der Waals surface area contributed by atoms with Gasteiger partial charge in [-0.1, -0.05) is 40.2 Å². The molecule has 3 rings (SSSR count). The highest BCUT2D eigenvalue weighted by molar-refractivity contribution is 9.10. The number of carbonyl (C=O) groups is 1. The number of hydrogen-bond donors (Lipinski definition) is 2. The van der Waals surface area contributed by atoms with E-state index in [1.807, 2.05) is 48.5 Å². The Balaban J connectivity index is 1.56. The number of carboxylic acid groups (broad SMARTS) is 1. The van der Waals surface area contributed by atoms with Crippen LogP contribution >= 0.6 is 15.9 Å². The third-order valence-electron chi connectivity index (χ3n) is 3.75. The van der Waals surface area contributed by atoms with Gasteiger partial charge in [0, 0.05) is 4.47 Å². The number of anilines is 1. The average Bonchev–Trinajstić information content (AvgIpc) is 2.69. The summed E-state index contributed by atoms with van der Waals surface area (Å²) in [7, 11) is 0. The topological polar surface area (TPSA) is 70.9 Å². The van der Waals surface area contributed by atoms with Crippen molar-refractivity contribution in [3.63, 3.8) is 0 Å². The first-order chi connectivity index (χ1) is 13.1. The molecule has 2 N–H and O–H groups in total. The van der Waals surface area contributed by atoms with Crippen LogP contribution in [0.3, 0.4) is 0 Å². The van der Waals surface area contributed by atoms with Gasteiger partial charge in [0.25, 0.3) is 0 Å². The lowest BCUT2D eigenvalue weighted by Gasteiger charge is -2.07. The predicted octanol–water partition coefficient (Wildman–Crippen LogP) is 5.17. The first-order valence-corrected chi connectivity index (χ1v) is 9.00. The lowest BCUT2D eigenvalue weighted by atomic mass is 10.2. The Morgan fingerprint density at radius 2 is 1.74 bits per heavy atom.